The van der Waals surface area contributed by atoms with Crippen molar-refractivity contribution in [3.63, 3.8) is 0 Å². The predicted octanol–water partition coefficient (Wildman–Crippen LogP) is 0.423. The van der Waals surface area contributed by atoms with Crippen molar-refractivity contribution in [1.82, 2.24) is 10.2 Å². The van der Waals surface area contributed by atoms with E-state index in [0.29, 0.717) is 19.4 Å². The van der Waals surface area contributed by atoms with Crippen molar-refractivity contribution in [2.75, 3.05) is 13.6 Å². The van der Waals surface area contributed by atoms with E-state index in [2.05, 4.69) is 5.32 Å². The molecule has 0 spiro atoms. The molecule has 5 heteroatoms. The predicted molar refractivity (Wildman–Crippen MR) is 72.2 cm³/mol. The van der Waals surface area contributed by atoms with Crippen molar-refractivity contribution in [2.24, 2.45) is 5.73 Å². The lowest BCUT2D eigenvalue weighted by molar-refractivity contribution is -0.134. The van der Waals surface area contributed by atoms with Crippen molar-refractivity contribution in [3.8, 4) is 0 Å². The topological polar surface area (TPSA) is 75.4 Å². The van der Waals surface area contributed by atoms with Crippen LogP contribution in [0, 0.1) is 0 Å². The fourth-order valence-corrected chi connectivity index (χ4v) is 2.23. The highest BCUT2D eigenvalue weighted by Gasteiger charge is 2.26. The van der Waals surface area contributed by atoms with E-state index in [0.717, 1.165) is 5.56 Å². The van der Waals surface area contributed by atoms with Crippen LogP contribution in [0.15, 0.2) is 30.3 Å². The molecular formula is C14H19N3O2. The number of nitrogens with one attached hydrogen (secondary N) is 1. The second kappa shape index (κ2) is 5.84. The third-order valence-corrected chi connectivity index (χ3v) is 3.41. The van der Waals surface area contributed by atoms with Gasteiger partial charge in [-0.05, 0) is 12.0 Å². The van der Waals surface area contributed by atoms with Crippen molar-refractivity contribution >= 4 is 11.8 Å². The molecule has 0 radical (unpaired) electrons. The Bertz CT molecular complexity index is 461. The standard InChI is InChI=1S/C14H19N3O2/c1-17-9-11(7-8-12(17)18)16-14(19)13(15)10-5-3-2-4-6-10/h2-6,11,13H,7-9,15H2,1H3,(H,16,19)/t11?,13-/m0/s1. The van der Waals surface area contributed by atoms with Crippen LogP contribution < -0.4 is 11.1 Å². The lowest BCUT2D eigenvalue weighted by Crippen LogP contribution is -2.50. The quantitative estimate of drug-likeness (QED) is 0.828. The molecule has 1 heterocycles. The van der Waals surface area contributed by atoms with Gasteiger partial charge in [-0.25, -0.2) is 0 Å². The number of rotatable bonds is 3. The molecule has 1 aliphatic rings. The van der Waals surface area contributed by atoms with Crippen molar-refractivity contribution in [3.05, 3.63) is 35.9 Å². The first-order valence-corrected chi connectivity index (χ1v) is 6.43. The molecule has 19 heavy (non-hydrogen) atoms. The molecule has 1 aromatic carbocycles. The third kappa shape index (κ3) is 3.32. The van der Waals surface area contributed by atoms with Crippen molar-refractivity contribution in [1.29, 1.82) is 0 Å². The third-order valence-electron chi connectivity index (χ3n) is 3.41. The molecule has 3 N–H and O–H groups in total. The van der Waals surface area contributed by atoms with Crippen LogP contribution in [0.2, 0.25) is 0 Å². The summed E-state index contributed by atoms with van der Waals surface area (Å²) in [6.07, 6.45) is 1.15. The Hall–Kier alpha value is -1.88. The molecule has 1 aromatic rings. The molecule has 102 valence electrons. The van der Waals surface area contributed by atoms with Gasteiger partial charge in [-0.3, -0.25) is 9.59 Å². The molecule has 0 aromatic heterocycles. The van der Waals surface area contributed by atoms with E-state index in [-0.39, 0.29) is 17.9 Å². The molecule has 0 bridgehead atoms. The summed E-state index contributed by atoms with van der Waals surface area (Å²) in [7, 11) is 1.75. The molecular weight excluding hydrogens is 242 g/mol. The van der Waals surface area contributed by atoms with Gasteiger partial charge in [0.2, 0.25) is 11.8 Å². The lowest BCUT2D eigenvalue weighted by atomic mass is 10.0. The number of carbonyl (C=O) groups is 2. The number of nitrogens with zero attached hydrogens (tertiary/aromatic N) is 1. The van der Waals surface area contributed by atoms with E-state index >= 15 is 0 Å². The van der Waals surface area contributed by atoms with Crippen LogP contribution in [-0.4, -0.2) is 36.3 Å². The first-order chi connectivity index (χ1) is 9.08. The lowest BCUT2D eigenvalue weighted by Gasteiger charge is -2.30. The van der Waals surface area contributed by atoms with Gasteiger partial charge in [0.1, 0.15) is 6.04 Å². The van der Waals surface area contributed by atoms with Crippen molar-refractivity contribution < 1.29 is 9.59 Å². The zero-order valence-corrected chi connectivity index (χ0v) is 11.0. The molecule has 2 atom stereocenters. The van der Waals surface area contributed by atoms with Gasteiger partial charge in [0.15, 0.2) is 0 Å². The summed E-state index contributed by atoms with van der Waals surface area (Å²) in [5, 5.41) is 2.91. The maximum atomic E-state index is 12.1. The number of likely N-dealkylation sites (N-methyl/N-ethyl adjacent to an activating group) is 1. The minimum Gasteiger partial charge on any atom is -0.350 e. The number of hydrogen-bond donors (Lipinski definition) is 2. The Balaban J connectivity index is 1.93. The maximum absolute atomic E-state index is 12.1. The molecule has 1 unspecified atom stereocenters. The van der Waals surface area contributed by atoms with Crippen LogP contribution in [-0.2, 0) is 9.59 Å². The van der Waals surface area contributed by atoms with Crippen LogP contribution in [0.25, 0.3) is 0 Å². The Morgan fingerprint density at radius 1 is 1.42 bits per heavy atom. The first kappa shape index (κ1) is 13.5. The number of amides is 2. The number of piperidine rings is 1. The van der Waals surface area contributed by atoms with Crippen LogP contribution in [0.1, 0.15) is 24.4 Å². The highest BCUT2D eigenvalue weighted by atomic mass is 16.2. The zero-order valence-electron chi connectivity index (χ0n) is 11.0. The summed E-state index contributed by atoms with van der Waals surface area (Å²) in [5.41, 5.74) is 6.72. The fraction of sp³-hybridized carbons (Fsp3) is 0.429. The number of carbonyl (C=O) groups excluding carboxylic acids is 2. The Morgan fingerprint density at radius 3 is 2.74 bits per heavy atom. The largest absolute Gasteiger partial charge is 0.350 e. The summed E-state index contributed by atoms with van der Waals surface area (Å²) in [4.78, 5) is 25.1. The van der Waals surface area contributed by atoms with Crippen LogP contribution >= 0.6 is 0 Å². The molecule has 0 aliphatic carbocycles. The SMILES string of the molecule is CN1CC(NC(=O)[C@@H](N)c2ccccc2)CCC1=O. The zero-order chi connectivity index (χ0) is 13.8. The summed E-state index contributed by atoms with van der Waals surface area (Å²) in [5.74, 6) is -0.0724. The van der Waals surface area contributed by atoms with Gasteiger partial charge in [-0.15, -0.1) is 0 Å². The van der Waals surface area contributed by atoms with Crippen molar-refractivity contribution in [2.45, 2.75) is 24.9 Å². The van der Waals surface area contributed by atoms with Gasteiger partial charge in [-0.2, -0.15) is 0 Å². The van der Waals surface area contributed by atoms with E-state index < -0.39 is 6.04 Å². The number of likely N-dealkylation sites (tertiary alicyclic amines) is 1. The van der Waals surface area contributed by atoms with Gasteiger partial charge in [0, 0.05) is 26.1 Å². The van der Waals surface area contributed by atoms with E-state index in [1.807, 2.05) is 30.3 Å². The fourth-order valence-electron chi connectivity index (χ4n) is 2.23. The van der Waals surface area contributed by atoms with Gasteiger partial charge in [0.25, 0.3) is 0 Å². The first-order valence-electron chi connectivity index (χ1n) is 6.43. The van der Waals surface area contributed by atoms with E-state index in [9.17, 15) is 9.59 Å². The minimum absolute atomic E-state index is 0.00929. The summed E-state index contributed by atoms with van der Waals surface area (Å²) in [6.45, 7) is 0.548. The molecule has 1 aliphatic heterocycles. The minimum atomic E-state index is -0.663. The summed E-state index contributed by atoms with van der Waals surface area (Å²) >= 11 is 0. The summed E-state index contributed by atoms with van der Waals surface area (Å²) in [6, 6.07) is 8.59. The number of hydrogen-bond acceptors (Lipinski definition) is 3. The highest BCUT2D eigenvalue weighted by Crippen LogP contribution is 2.13. The van der Waals surface area contributed by atoms with E-state index in [4.69, 9.17) is 5.73 Å². The van der Waals surface area contributed by atoms with Crippen LogP contribution in [0.5, 0.6) is 0 Å². The second-order valence-corrected chi connectivity index (χ2v) is 4.91. The Morgan fingerprint density at radius 2 is 2.11 bits per heavy atom. The second-order valence-electron chi connectivity index (χ2n) is 4.91. The monoisotopic (exact) mass is 261 g/mol. The molecule has 0 saturated carbocycles. The molecule has 5 nitrogen and oxygen atoms in total. The van der Waals surface area contributed by atoms with Gasteiger partial charge in [-0.1, -0.05) is 30.3 Å². The molecule has 2 amide bonds. The van der Waals surface area contributed by atoms with Crippen LogP contribution in [0.3, 0.4) is 0 Å². The van der Waals surface area contributed by atoms with Gasteiger partial charge < -0.3 is 16.0 Å². The number of nitrogens with two attached hydrogens (primary N) is 1. The highest BCUT2D eigenvalue weighted by molar-refractivity contribution is 5.83. The normalized spacial score (nSPS) is 21.1. The van der Waals surface area contributed by atoms with E-state index in [1.165, 1.54) is 0 Å². The Kier molecular flexibility index (Phi) is 4.16. The Labute approximate surface area is 112 Å². The molecule has 1 fully saturated rings. The maximum Gasteiger partial charge on any atom is 0.241 e. The summed E-state index contributed by atoms with van der Waals surface area (Å²) < 4.78 is 0. The molecule has 1 saturated heterocycles. The van der Waals surface area contributed by atoms with Crippen LogP contribution in [0.4, 0.5) is 0 Å². The smallest absolute Gasteiger partial charge is 0.241 e. The molecule has 2 rings (SSSR count). The average Bonchev–Trinajstić information content (AvgIpc) is 2.43. The number of benzene rings is 1. The average molecular weight is 261 g/mol. The van der Waals surface area contributed by atoms with Gasteiger partial charge >= 0.3 is 0 Å². The van der Waals surface area contributed by atoms with Gasteiger partial charge in [0.05, 0.1) is 0 Å². The van der Waals surface area contributed by atoms with E-state index in [1.54, 1.807) is 11.9 Å².